The molecule has 1 saturated carbocycles. The lowest BCUT2D eigenvalue weighted by atomic mass is 10.1. The second-order valence-corrected chi connectivity index (χ2v) is 4.08. The molecule has 18 heavy (non-hydrogen) atoms. The van der Waals surface area contributed by atoms with Crippen molar-refractivity contribution in [2.24, 2.45) is 0 Å². The first-order chi connectivity index (χ1) is 8.56. The van der Waals surface area contributed by atoms with Crippen molar-refractivity contribution in [3.63, 3.8) is 0 Å². The molecule has 98 valence electrons. The average Bonchev–Trinajstić information content (AvgIpc) is 3.10. The van der Waals surface area contributed by atoms with Crippen LogP contribution in [0, 0.1) is 10.1 Å². The fraction of sp³-hybridized carbons (Fsp3) is 0.455. The van der Waals surface area contributed by atoms with Crippen molar-refractivity contribution in [1.82, 2.24) is 5.32 Å². The van der Waals surface area contributed by atoms with Crippen LogP contribution >= 0.6 is 0 Å². The van der Waals surface area contributed by atoms with E-state index in [1.807, 2.05) is 0 Å². The van der Waals surface area contributed by atoms with Gasteiger partial charge in [0.25, 0.3) is 5.69 Å². The summed E-state index contributed by atoms with van der Waals surface area (Å²) in [6.07, 6.45) is 2.08. The van der Waals surface area contributed by atoms with E-state index in [0.29, 0.717) is 11.6 Å². The Kier molecular flexibility index (Phi) is 3.71. The molecule has 0 spiro atoms. The molecule has 1 aliphatic carbocycles. The number of alkyl halides is 2. The van der Waals surface area contributed by atoms with Crippen molar-refractivity contribution >= 4 is 5.69 Å². The molecule has 0 saturated heterocycles. The minimum absolute atomic E-state index is 0.0243. The van der Waals surface area contributed by atoms with E-state index in [4.69, 9.17) is 0 Å². The maximum Gasteiger partial charge on any atom is 0.387 e. The molecule has 0 aromatic heterocycles. The molecule has 0 amide bonds. The molecular formula is C11H12F2N2O3. The monoisotopic (exact) mass is 258 g/mol. The number of nitro benzene ring substituents is 1. The summed E-state index contributed by atoms with van der Waals surface area (Å²) in [5.74, 6) is -0.0243. The van der Waals surface area contributed by atoms with Gasteiger partial charge < -0.3 is 10.1 Å². The Hall–Kier alpha value is -1.76. The van der Waals surface area contributed by atoms with Crippen LogP contribution in [0.15, 0.2) is 18.2 Å². The minimum Gasteiger partial charge on any atom is -0.434 e. The topological polar surface area (TPSA) is 64.4 Å². The standard InChI is InChI=1S/C11H12F2N2O3/c12-11(13)18-10-4-3-9(15(16)17)5-7(10)6-14-8-1-2-8/h3-5,8,11,14H,1-2,6H2. The minimum atomic E-state index is -2.94. The average molecular weight is 258 g/mol. The van der Waals surface area contributed by atoms with E-state index in [1.165, 1.54) is 12.1 Å². The molecule has 0 unspecified atom stereocenters. The number of nitrogens with one attached hydrogen (secondary N) is 1. The van der Waals surface area contributed by atoms with Crippen molar-refractivity contribution in [3.8, 4) is 5.75 Å². The summed E-state index contributed by atoms with van der Waals surface area (Å²) in [7, 11) is 0. The van der Waals surface area contributed by atoms with Gasteiger partial charge in [0.1, 0.15) is 5.75 Å². The first-order valence-electron chi connectivity index (χ1n) is 5.52. The van der Waals surface area contributed by atoms with Gasteiger partial charge in [0.15, 0.2) is 0 Å². The summed E-state index contributed by atoms with van der Waals surface area (Å²) in [4.78, 5) is 10.1. The van der Waals surface area contributed by atoms with Gasteiger partial charge >= 0.3 is 6.61 Å². The molecule has 0 radical (unpaired) electrons. The van der Waals surface area contributed by atoms with Crippen molar-refractivity contribution in [3.05, 3.63) is 33.9 Å². The second-order valence-electron chi connectivity index (χ2n) is 4.08. The van der Waals surface area contributed by atoms with Gasteiger partial charge in [-0.15, -0.1) is 0 Å². The molecule has 0 atom stereocenters. The zero-order chi connectivity index (χ0) is 13.1. The van der Waals surface area contributed by atoms with E-state index >= 15 is 0 Å². The van der Waals surface area contributed by atoms with E-state index in [2.05, 4.69) is 10.1 Å². The molecule has 7 heteroatoms. The third-order valence-electron chi connectivity index (χ3n) is 2.63. The number of ether oxygens (including phenoxy) is 1. The zero-order valence-corrected chi connectivity index (χ0v) is 9.44. The molecule has 1 aromatic carbocycles. The van der Waals surface area contributed by atoms with Crippen LogP contribution in [-0.2, 0) is 6.54 Å². The smallest absolute Gasteiger partial charge is 0.387 e. The number of rotatable bonds is 6. The summed E-state index contributed by atoms with van der Waals surface area (Å²) in [6, 6.07) is 3.99. The van der Waals surface area contributed by atoms with Crippen LogP contribution < -0.4 is 10.1 Å². The molecule has 1 N–H and O–H groups in total. The number of benzene rings is 1. The molecule has 1 fully saturated rings. The Labute approximate surface area is 102 Å². The lowest BCUT2D eigenvalue weighted by molar-refractivity contribution is -0.385. The highest BCUT2D eigenvalue weighted by Gasteiger charge is 2.22. The SMILES string of the molecule is O=[N+]([O-])c1ccc(OC(F)F)c(CNC2CC2)c1. The molecular weight excluding hydrogens is 246 g/mol. The quantitative estimate of drug-likeness (QED) is 0.628. The largest absolute Gasteiger partial charge is 0.434 e. The zero-order valence-electron chi connectivity index (χ0n) is 9.44. The Morgan fingerprint density at radius 3 is 2.78 bits per heavy atom. The fourth-order valence-electron chi connectivity index (χ4n) is 1.57. The van der Waals surface area contributed by atoms with Gasteiger partial charge in [-0.05, 0) is 18.9 Å². The summed E-state index contributed by atoms with van der Waals surface area (Å²) in [5.41, 5.74) is 0.237. The molecule has 1 aromatic rings. The fourth-order valence-corrected chi connectivity index (χ4v) is 1.57. The van der Waals surface area contributed by atoms with E-state index in [1.54, 1.807) is 0 Å². The van der Waals surface area contributed by atoms with Crippen molar-refractivity contribution in [2.45, 2.75) is 32.0 Å². The normalized spacial score (nSPS) is 14.8. The van der Waals surface area contributed by atoms with Gasteiger partial charge in [-0.3, -0.25) is 10.1 Å². The lowest BCUT2D eigenvalue weighted by Crippen LogP contribution is -2.17. The van der Waals surface area contributed by atoms with Crippen molar-refractivity contribution in [1.29, 1.82) is 0 Å². The van der Waals surface area contributed by atoms with Crippen molar-refractivity contribution in [2.75, 3.05) is 0 Å². The van der Waals surface area contributed by atoms with E-state index in [-0.39, 0.29) is 18.0 Å². The predicted octanol–water partition coefficient (Wildman–Crippen LogP) is 2.45. The highest BCUT2D eigenvalue weighted by molar-refractivity contribution is 5.43. The molecule has 0 bridgehead atoms. The maximum absolute atomic E-state index is 12.2. The Balaban J connectivity index is 2.17. The number of hydrogen-bond acceptors (Lipinski definition) is 4. The Bertz CT molecular complexity index is 450. The van der Waals surface area contributed by atoms with Crippen LogP contribution in [0.4, 0.5) is 14.5 Å². The van der Waals surface area contributed by atoms with Crippen LogP contribution in [0.25, 0.3) is 0 Å². The van der Waals surface area contributed by atoms with E-state index < -0.39 is 11.5 Å². The maximum atomic E-state index is 12.2. The third kappa shape index (κ3) is 3.36. The number of non-ortho nitro benzene ring substituents is 1. The molecule has 0 heterocycles. The Morgan fingerprint density at radius 1 is 1.50 bits per heavy atom. The summed E-state index contributed by atoms with van der Waals surface area (Å²) in [6.45, 7) is -2.65. The van der Waals surface area contributed by atoms with Crippen LogP contribution in [-0.4, -0.2) is 17.6 Å². The van der Waals surface area contributed by atoms with Crippen molar-refractivity contribution < 1.29 is 18.4 Å². The van der Waals surface area contributed by atoms with Gasteiger partial charge in [0.05, 0.1) is 4.92 Å². The van der Waals surface area contributed by atoms with E-state index in [0.717, 1.165) is 18.9 Å². The van der Waals surface area contributed by atoms with E-state index in [9.17, 15) is 18.9 Å². The van der Waals surface area contributed by atoms with Gasteiger partial charge in [0.2, 0.25) is 0 Å². The van der Waals surface area contributed by atoms with Crippen LogP contribution in [0.2, 0.25) is 0 Å². The summed E-state index contributed by atoms with van der Waals surface area (Å²) < 4.78 is 28.7. The number of nitrogens with zero attached hydrogens (tertiary/aromatic N) is 1. The molecule has 0 aliphatic heterocycles. The molecule has 2 rings (SSSR count). The predicted molar refractivity (Wildman–Crippen MR) is 59.6 cm³/mol. The number of hydrogen-bond donors (Lipinski definition) is 1. The number of halogens is 2. The van der Waals surface area contributed by atoms with Gasteiger partial charge in [-0.25, -0.2) is 0 Å². The molecule has 5 nitrogen and oxygen atoms in total. The van der Waals surface area contributed by atoms with Gasteiger partial charge in [0, 0.05) is 30.3 Å². The Morgan fingerprint density at radius 2 is 2.22 bits per heavy atom. The van der Waals surface area contributed by atoms with Crippen LogP contribution in [0.3, 0.4) is 0 Å². The van der Waals surface area contributed by atoms with Crippen LogP contribution in [0.5, 0.6) is 5.75 Å². The van der Waals surface area contributed by atoms with Crippen LogP contribution in [0.1, 0.15) is 18.4 Å². The summed E-state index contributed by atoms with van der Waals surface area (Å²) >= 11 is 0. The third-order valence-corrected chi connectivity index (χ3v) is 2.63. The van der Waals surface area contributed by atoms with Gasteiger partial charge in [-0.1, -0.05) is 0 Å². The first-order valence-corrected chi connectivity index (χ1v) is 5.52. The lowest BCUT2D eigenvalue weighted by Gasteiger charge is -2.11. The number of nitro groups is 1. The second kappa shape index (κ2) is 5.26. The highest BCUT2D eigenvalue weighted by atomic mass is 19.3. The summed E-state index contributed by atoms with van der Waals surface area (Å²) in [5, 5.41) is 13.7. The highest BCUT2D eigenvalue weighted by Crippen LogP contribution is 2.27. The first kappa shape index (κ1) is 12.7. The molecule has 1 aliphatic rings. The van der Waals surface area contributed by atoms with Gasteiger partial charge in [-0.2, -0.15) is 8.78 Å².